The van der Waals surface area contributed by atoms with Gasteiger partial charge in [0.1, 0.15) is 5.69 Å². The topological polar surface area (TPSA) is 94.5 Å². The molecule has 1 aromatic heterocycles. The molecule has 0 unspecified atom stereocenters. The molecule has 0 saturated carbocycles. The molecule has 0 aliphatic heterocycles. The number of hydrogen-bond acceptors (Lipinski definition) is 5. The van der Waals surface area contributed by atoms with E-state index in [9.17, 15) is 9.59 Å². The predicted octanol–water partition coefficient (Wildman–Crippen LogP) is 4.56. The summed E-state index contributed by atoms with van der Waals surface area (Å²) < 4.78 is 12.4. The molecule has 2 N–H and O–H groups in total. The van der Waals surface area contributed by atoms with Crippen molar-refractivity contribution in [2.75, 3.05) is 26.1 Å². The van der Waals surface area contributed by atoms with E-state index in [0.717, 1.165) is 5.69 Å². The Bertz CT molecular complexity index is 1350. The standard InChI is InChI=1S/C27H26N4O4/c1-4-28-26(32)19-9-8-10-20(15-19)29-27(33)22-17-31(21-11-6-5-7-12-21)30-25(22)18-13-14-23(34-2)24(16-18)35-3/h5-17H,4H2,1-3H3,(H,28,32)(H,29,33). The maximum Gasteiger partial charge on any atom is 0.259 e. The van der Waals surface area contributed by atoms with Gasteiger partial charge in [-0.25, -0.2) is 4.68 Å². The molecule has 0 aliphatic carbocycles. The predicted molar refractivity (Wildman–Crippen MR) is 135 cm³/mol. The molecule has 35 heavy (non-hydrogen) atoms. The number of nitrogens with zero attached hydrogens (tertiary/aromatic N) is 2. The fourth-order valence-electron chi connectivity index (χ4n) is 3.65. The smallest absolute Gasteiger partial charge is 0.259 e. The molecule has 4 aromatic rings. The van der Waals surface area contributed by atoms with Crippen LogP contribution in [0, 0.1) is 0 Å². The number of methoxy groups -OCH3 is 2. The van der Waals surface area contributed by atoms with Gasteiger partial charge < -0.3 is 20.1 Å². The fourth-order valence-corrected chi connectivity index (χ4v) is 3.65. The van der Waals surface area contributed by atoms with Crippen LogP contribution in [-0.2, 0) is 0 Å². The van der Waals surface area contributed by atoms with Crippen LogP contribution < -0.4 is 20.1 Å². The van der Waals surface area contributed by atoms with Gasteiger partial charge in [0.15, 0.2) is 11.5 Å². The number of carbonyl (C=O) groups excluding carboxylic acids is 2. The van der Waals surface area contributed by atoms with Crippen molar-refractivity contribution in [3.05, 3.63) is 90.1 Å². The van der Waals surface area contributed by atoms with Crippen LogP contribution >= 0.6 is 0 Å². The molecule has 0 bridgehead atoms. The van der Waals surface area contributed by atoms with E-state index in [1.165, 1.54) is 0 Å². The van der Waals surface area contributed by atoms with Crippen LogP contribution in [0.25, 0.3) is 16.9 Å². The highest BCUT2D eigenvalue weighted by Crippen LogP contribution is 2.33. The first-order valence-electron chi connectivity index (χ1n) is 11.1. The summed E-state index contributed by atoms with van der Waals surface area (Å²) in [5, 5.41) is 10.4. The van der Waals surface area contributed by atoms with E-state index in [4.69, 9.17) is 14.6 Å². The molecule has 1 heterocycles. The van der Waals surface area contributed by atoms with Crippen molar-refractivity contribution in [2.24, 2.45) is 0 Å². The zero-order valence-electron chi connectivity index (χ0n) is 19.7. The van der Waals surface area contributed by atoms with Crippen molar-refractivity contribution < 1.29 is 19.1 Å². The van der Waals surface area contributed by atoms with E-state index < -0.39 is 0 Å². The van der Waals surface area contributed by atoms with E-state index in [1.54, 1.807) is 61.5 Å². The van der Waals surface area contributed by atoms with Gasteiger partial charge in [0, 0.05) is 29.6 Å². The van der Waals surface area contributed by atoms with Gasteiger partial charge in [0.2, 0.25) is 0 Å². The van der Waals surface area contributed by atoms with Crippen LogP contribution in [0.2, 0.25) is 0 Å². The monoisotopic (exact) mass is 470 g/mol. The SMILES string of the molecule is CCNC(=O)c1cccc(NC(=O)c2cn(-c3ccccc3)nc2-c2ccc(OC)c(OC)c2)c1. The number of aromatic nitrogens is 2. The minimum atomic E-state index is -0.356. The van der Waals surface area contributed by atoms with Crippen molar-refractivity contribution in [3.63, 3.8) is 0 Å². The molecular weight excluding hydrogens is 444 g/mol. The first-order chi connectivity index (χ1) is 17.0. The van der Waals surface area contributed by atoms with Gasteiger partial charge in [0.05, 0.1) is 25.5 Å². The second-order valence-corrected chi connectivity index (χ2v) is 7.64. The summed E-state index contributed by atoms with van der Waals surface area (Å²) in [6, 6.07) is 21.7. The fraction of sp³-hybridized carbons (Fsp3) is 0.148. The number of anilines is 1. The lowest BCUT2D eigenvalue weighted by Crippen LogP contribution is -2.22. The number of hydrogen-bond donors (Lipinski definition) is 2. The summed E-state index contributed by atoms with van der Waals surface area (Å²) in [7, 11) is 3.12. The maximum atomic E-state index is 13.4. The largest absolute Gasteiger partial charge is 0.493 e. The zero-order valence-corrected chi connectivity index (χ0v) is 19.7. The highest BCUT2D eigenvalue weighted by molar-refractivity contribution is 6.08. The Balaban J connectivity index is 1.74. The zero-order chi connectivity index (χ0) is 24.8. The van der Waals surface area contributed by atoms with Gasteiger partial charge >= 0.3 is 0 Å². The Labute approximate surface area is 203 Å². The van der Waals surface area contributed by atoms with Gasteiger partial charge in [-0.05, 0) is 55.5 Å². The van der Waals surface area contributed by atoms with Crippen LogP contribution in [0.15, 0.2) is 79.0 Å². The number of amides is 2. The van der Waals surface area contributed by atoms with Crippen molar-refractivity contribution in [1.29, 1.82) is 0 Å². The first kappa shape index (κ1) is 23.6. The molecule has 0 saturated heterocycles. The first-order valence-corrected chi connectivity index (χ1v) is 11.1. The van der Waals surface area contributed by atoms with Gasteiger partial charge in [-0.3, -0.25) is 9.59 Å². The minimum absolute atomic E-state index is 0.202. The average Bonchev–Trinajstić information content (AvgIpc) is 3.35. The highest BCUT2D eigenvalue weighted by atomic mass is 16.5. The van der Waals surface area contributed by atoms with E-state index in [2.05, 4.69) is 10.6 Å². The van der Waals surface area contributed by atoms with E-state index in [1.807, 2.05) is 43.3 Å². The summed E-state index contributed by atoms with van der Waals surface area (Å²) in [6.45, 7) is 2.37. The number of rotatable bonds is 8. The van der Waals surface area contributed by atoms with E-state index in [-0.39, 0.29) is 11.8 Å². The maximum absolute atomic E-state index is 13.4. The highest BCUT2D eigenvalue weighted by Gasteiger charge is 2.20. The summed E-state index contributed by atoms with van der Waals surface area (Å²) >= 11 is 0. The molecule has 3 aromatic carbocycles. The lowest BCUT2D eigenvalue weighted by atomic mass is 10.1. The molecule has 2 amide bonds. The number of benzene rings is 3. The van der Waals surface area contributed by atoms with Crippen LogP contribution in [0.5, 0.6) is 11.5 Å². The number of nitrogens with one attached hydrogen (secondary N) is 2. The molecule has 8 nitrogen and oxygen atoms in total. The second-order valence-electron chi connectivity index (χ2n) is 7.64. The molecule has 0 atom stereocenters. The Morgan fingerprint density at radius 1 is 0.886 bits per heavy atom. The van der Waals surface area contributed by atoms with Crippen LogP contribution in [-0.4, -0.2) is 42.4 Å². The third-order valence-electron chi connectivity index (χ3n) is 5.36. The molecule has 0 radical (unpaired) electrons. The lowest BCUT2D eigenvalue weighted by molar-refractivity contribution is 0.0954. The molecule has 4 rings (SSSR count). The molecule has 0 spiro atoms. The average molecular weight is 471 g/mol. The van der Waals surface area contributed by atoms with Crippen molar-refractivity contribution in [1.82, 2.24) is 15.1 Å². The van der Waals surface area contributed by atoms with Crippen molar-refractivity contribution in [3.8, 4) is 28.4 Å². The molecular formula is C27H26N4O4. The molecule has 0 aliphatic rings. The summed E-state index contributed by atoms with van der Waals surface area (Å²) in [6.07, 6.45) is 1.68. The minimum Gasteiger partial charge on any atom is -0.493 e. The van der Waals surface area contributed by atoms with Gasteiger partial charge in [-0.2, -0.15) is 5.10 Å². The molecule has 0 fully saturated rings. The molecule has 8 heteroatoms. The summed E-state index contributed by atoms with van der Waals surface area (Å²) in [5.74, 6) is 0.545. The third-order valence-corrected chi connectivity index (χ3v) is 5.36. The Hall–Kier alpha value is -4.59. The van der Waals surface area contributed by atoms with Crippen LogP contribution in [0.1, 0.15) is 27.6 Å². The summed E-state index contributed by atoms with van der Waals surface area (Å²) in [5.41, 5.74) is 3.32. The third kappa shape index (κ3) is 5.16. The Morgan fingerprint density at radius 2 is 1.66 bits per heavy atom. The second kappa shape index (κ2) is 10.6. The van der Waals surface area contributed by atoms with Gasteiger partial charge in [0.25, 0.3) is 11.8 Å². The molecule has 178 valence electrons. The van der Waals surface area contributed by atoms with Crippen molar-refractivity contribution in [2.45, 2.75) is 6.92 Å². The number of ether oxygens (including phenoxy) is 2. The van der Waals surface area contributed by atoms with Gasteiger partial charge in [-0.1, -0.05) is 24.3 Å². The number of carbonyl (C=O) groups is 2. The van der Waals surface area contributed by atoms with Crippen molar-refractivity contribution >= 4 is 17.5 Å². The Kier molecular flexibility index (Phi) is 7.11. The lowest BCUT2D eigenvalue weighted by Gasteiger charge is -2.10. The summed E-state index contributed by atoms with van der Waals surface area (Å²) in [4.78, 5) is 25.6. The van der Waals surface area contributed by atoms with Gasteiger partial charge in [-0.15, -0.1) is 0 Å². The van der Waals surface area contributed by atoms with Crippen LogP contribution in [0.3, 0.4) is 0 Å². The van der Waals surface area contributed by atoms with E-state index >= 15 is 0 Å². The normalized spacial score (nSPS) is 10.5. The van der Waals surface area contributed by atoms with Crippen LogP contribution in [0.4, 0.5) is 5.69 Å². The van der Waals surface area contributed by atoms with E-state index in [0.29, 0.717) is 46.1 Å². The Morgan fingerprint density at radius 3 is 2.37 bits per heavy atom. The number of para-hydroxylation sites is 1. The quantitative estimate of drug-likeness (QED) is 0.394.